The van der Waals surface area contributed by atoms with E-state index in [4.69, 9.17) is 14.0 Å². The standard InChI is InChI=1S/C18H21N3O4/c1-12-14(9-20-25-12)18(22)21-10-16(17-15(21)3-2-8-23-17)24-11-13-4-6-19-7-5-13/h4-7,9,15-17H,2-3,8,10-11H2,1H3/t15-,16-,17+/m1/s1. The van der Waals surface area contributed by atoms with Crippen molar-refractivity contribution in [3.63, 3.8) is 0 Å². The molecule has 7 heteroatoms. The largest absolute Gasteiger partial charge is 0.373 e. The maximum absolute atomic E-state index is 12.9. The number of carbonyl (C=O) groups is 1. The van der Waals surface area contributed by atoms with Crippen molar-refractivity contribution in [1.29, 1.82) is 0 Å². The van der Waals surface area contributed by atoms with Gasteiger partial charge in [-0.2, -0.15) is 0 Å². The van der Waals surface area contributed by atoms with Gasteiger partial charge in [0.25, 0.3) is 5.91 Å². The highest BCUT2D eigenvalue weighted by Crippen LogP contribution is 2.32. The van der Waals surface area contributed by atoms with Crippen molar-refractivity contribution in [2.24, 2.45) is 0 Å². The topological polar surface area (TPSA) is 77.7 Å². The van der Waals surface area contributed by atoms with Gasteiger partial charge in [-0.05, 0) is 37.5 Å². The molecular formula is C18H21N3O4. The number of aromatic nitrogens is 2. The molecule has 0 aliphatic carbocycles. The van der Waals surface area contributed by atoms with Crippen molar-refractivity contribution in [3.8, 4) is 0 Å². The van der Waals surface area contributed by atoms with Gasteiger partial charge in [0.2, 0.25) is 0 Å². The van der Waals surface area contributed by atoms with E-state index in [1.165, 1.54) is 6.20 Å². The van der Waals surface area contributed by atoms with Crippen LogP contribution in [-0.2, 0) is 16.1 Å². The monoisotopic (exact) mass is 343 g/mol. The molecule has 2 aliphatic heterocycles. The van der Waals surface area contributed by atoms with Gasteiger partial charge in [-0.3, -0.25) is 9.78 Å². The highest BCUT2D eigenvalue weighted by Gasteiger charge is 2.47. The van der Waals surface area contributed by atoms with Crippen molar-refractivity contribution in [2.45, 2.75) is 44.6 Å². The molecule has 0 N–H and O–H groups in total. The first-order valence-electron chi connectivity index (χ1n) is 8.58. The zero-order valence-corrected chi connectivity index (χ0v) is 14.1. The predicted octanol–water partition coefficient (Wildman–Crippen LogP) is 1.97. The minimum absolute atomic E-state index is 0.0398. The number of likely N-dealkylation sites (tertiary alicyclic amines) is 1. The Hall–Kier alpha value is -2.25. The molecule has 0 spiro atoms. The van der Waals surface area contributed by atoms with Gasteiger partial charge in [0.05, 0.1) is 25.4 Å². The molecule has 7 nitrogen and oxygen atoms in total. The lowest BCUT2D eigenvalue weighted by molar-refractivity contribution is -0.0809. The van der Waals surface area contributed by atoms with Gasteiger partial charge in [-0.1, -0.05) is 5.16 Å². The summed E-state index contributed by atoms with van der Waals surface area (Å²) < 4.78 is 17.1. The number of nitrogens with zero attached hydrogens (tertiary/aromatic N) is 3. The number of amides is 1. The van der Waals surface area contributed by atoms with E-state index in [-0.39, 0.29) is 24.2 Å². The Balaban J connectivity index is 1.49. The summed E-state index contributed by atoms with van der Waals surface area (Å²) in [7, 11) is 0. The molecule has 2 aromatic rings. The van der Waals surface area contributed by atoms with Gasteiger partial charge >= 0.3 is 0 Å². The molecule has 0 aromatic carbocycles. The van der Waals surface area contributed by atoms with Crippen molar-refractivity contribution in [2.75, 3.05) is 13.2 Å². The summed E-state index contributed by atoms with van der Waals surface area (Å²) in [5.74, 6) is 0.480. The van der Waals surface area contributed by atoms with Crippen molar-refractivity contribution in [1.82, 2.24) is 15.0 Å². The summed E-state index contributed by atoms with van der Waals surface area (Å²) in [6.45, 7) is 3.46. The van der Waals surface area contributed by atoms with Gasteiger partial charge in [0.1, 0.15) is 23.5 Å². The van der Waals surface area contributed by atoms with Crippen LogP contribution in [-0.4, -0.2) is 52.3 Å². The number of pyridine rings is 1. The summed E-state index contributed by atoms with van der Waals surface area (Å²) in [6.07, 6.45) is 6.64. The van der Waals surface area contributed by atoms with E-state index in [0.29, 0.717) is 31.1 Å². The Bertz CT molecular complexity index is 733. The molecule has 4 rings (SSSR count). The van der Waals surface area contributed by atoms with Gasteiger partial charge in [0.15, 0.2) is 0 Å². The second-order valence-corrected chi connectivity index (χ2v) is 6.50. The van der Waals surface area contributed by atoms with E-state index in [1.54, 1.807) is 19.3 Å². The van der Waals surface area contributed by atoms with Crippen LogP contribution in [0.4, 0.5) is 0 Å². The second kappa shape index (κ2) is 6.93. The van der Waals surface area contributed by atoms with E-state index in [9.17, 15) is 4.79 Å². The van der Waals surface area contributed by atoms with Crippen molar-refractivity contribution >= 4 is 5.91 Å². The zero-order valence-electron chi connectivity index (χ0n) is 14.1. The van der Waals surface area contributed by atoms with Crippen molar-refractivity contribution in [3.05, 3.63) is 47.6 Å². The molecular weight excluding hydrogens is 322 g/mol. The Morgan fingerprint density at radius 1 is 1.40 bits per heavy atom. The maximum Gasteiger partial charge on any atom is 0.259 e. The van der Waals surface area contributed by atoms with E-state index < -0.39 is 0 Å². The summed E-state index contributed by atoms with van der Waals surface area (Å²) in [4.78, 5) is 18.8. The van der Waals surface area contributed by atoms with E-state index >= 15 is 0 Å². The van der Waals surface area contributed by atoms with Gasteiger partial charge in [0, 0.05) is 19.0 Å². The first-order valence-corrected chi connectivity index (χ1v) is 8.58. The lowest BCUT2D eigenvalue weighted by Crippen LogP contribution is -2.43. The van der Waals surface area contributed by atoms with Crippen LogP contribution in [0.25, 0.3) is 0 Å². The minimum atomic E-state index is -0.136. The number of aryl methyl sites for hydroxylation is 1. The quantitative estimate of drug-likeness (QED) is 0.845. The van der Waals surface area contributed by atoms with Gasteiger partial charge in [-0.15, -0.1) is 0 Å². The molecule has 2 aliphatic rings. The third kappa shape index (κ3) is 3.17. The fraction of sp³-hybridized carbons (Fsp3) is 0.500. The normalized spacial score (nSPS) is 25.8. The molecule has 3 atom stereocenters. The smallest absolute Gasteiger partial charge is 0.259 e. The predicted molar refractivity (Wildman–Crippen MR) is 87.9 cm³/mol. The Morgan fingerprint density at radius 3 is 3.00 bits per heavy atom. The molecule has 0 bridgehead atoms. The van der Waals surface area contributed by atoms with E-state index in [1.807, 2.05) is 17.0 Å². The number of hydrogen-bond acceptors (Lipinski definition) is 6. The molecule has 0 unspecified atom stereocenters. The van der Waals surface area contributed by atoms with E-state index in [0.717, 1.165) is 18.4 Å². The average Bonchev–Trinajstić information content (AvgIpc) is 3.24. The van der Waals surface area contributed by atoms with E-state index in [2.05, 4.69) is 10.1 Å². The molecule has 2 saturated heterocycles. The van der Waals surface area contributed by atoms with Crippen LogP contribution in [0.15, 0.2) is 35.2 Å². The van der Waals surface area contributed by atoms with Crippen LogP contribution in [0, 0.1) is 6.92 Å². The molecule has 2 aromatic heterocycles. The number of ether oxygens (including phenoxy) is 2. The van der Waals surface area contributed by atoms with Crippen LogP contribution in [0.2, 0.25) is 0 Å². The molecule has 1 amide bonds. The lowest BCUT2D eigenvalue weighted by atomic mass is 10.0. The molecule has 25 heavy (non-hydrogen) atoms. The minimum Gasteiger partial charge on any atom is -0.373 e. The maximum atomic E-state index is 12.9. The SMILES string of the molecule is Cc1oncc1C(=O)N1C[C@@H](OCc2ccncc2)[C@H]2OCCC[C@H]21. The summed E-state index contributed by atoms with van der Waals surface area (Å²) in [5, 5.41) is 3.72. The Morgan fingerprint density at radius 2 is 2.24 bits per heavy atom. The van der Waals surface area contributed by atoms with Crippen LogP contribution in [0.5, 0.6) is 0 Å². The zero-order chi connectivity index (χ0) is 17.2. The lowest BCUT2D eigenvalue weighted by Gasteiger charge is -2.32. The average molecular weight is 343 g/mol. The third-order valence-corrected chi connectivity index (χ3v) is 4.93. The second-order valence-electron chi connectivity index (χ2n) is 6.50. The fourth-order valence-electron chi connectivity index (χ4n) is 3.63. The molecule has 0 saturated carbocycles. The summed E-state index contributed by atoms with van der Waals surface area (Å²) >= 11 is 0. The first-order chi connectivity index (χ1) is 12.2. The summed E-state index contributed by atoms with van der Waals surface area (Å²) in [5.41, 5.74) is 1.57. The van der Waals surface area contributed by atoms with Crippen LogP contribution in [0.1, 0.15) is 34.5 Å². The summed E-state index contributed by atoms with van der Waals surface area (Å²) in [6, 6.07) is 3.90. The number of rotatable bonds is 4. The highest BCUT2D eigenvalue weighted by atomic mass is 16.5. The van der Waals surface area contributed by atoms with Crippen LogP contribution < -0.4 is 0 Å². The third-order valence-electron chi connectivity index (χ3n) is 4.93. The molecule has 2 fully saturated rings. The molecule has 4 heterocycles. The fourth-order valence-corrected chi connectivity index (χ4v) is 3.63. The number of hydrogen-bond donors (Lipinski definition) is 0. The van der Waals surface area contributed by atoms with Crippen molar-refractivity contribution < 1.29 is 18.8 Å². The van der Waals surface area contributed by atoms with Gasteiger partial charge in [-0.25, -0.2) is 0 Å². The first kappa shape index (κ1) is 16.2. The molecule has 0 radical (unpaired) electrons. The van der Waals surface area contributed by atoms with Crippen LogP contribution in [0.3, 0.4) is 0 Å². The van der Waals surface area contributed by atoms with Gasteiger partial charge < -0.3 is 18.9 Å². The number of carbonyl (C=O) groups excluding carboxylic acids is 1. The number of fused-ring (bicyclic) bond motifs is 1. The van der Waals surface area contributed by atoms with Crippen LogP contribution >= 0.6 is 0 Å². The Labute approximate surface area is 145 Å². The molecule has 132 valence electrons. The highest BCUT2D eigenvalue weighted by molar-refractivity contribution is 5.95. The Kier molecular flexibility index (Phi) is 4.50.